The van der Waals surface area contributed by atoms with Gasteiger partial charge in [-0.25, -0.2) is 4.79 Å². The van der Waals surface area contributed by atoms with E-state index in [1.807, 2.05) is 6.92 Å². The van der Waals surface area contributed by atoms with Crippen molar-refractivity contribution in [2.45, 2.75) is 34.1 Å². The molecule has 0 heterocycles. The quantitative estimate of drug-likeness (QED) is 0.388. The van der Waals surface area contributed by atoms with Crippen LogP contribution in [0.25, 0.3) is 0 Å². The Morgan fingerprint density at radius 3 is 2.43 bits per heavy atom. The van der Waals surface area contributed by atoms with Gasteiger partial charge in [0.15, 0.2) is 0 Å². The standard InChI is InChI=1S/C10H19NO3/c1-6-10(3,4)8(2)11-14-7-9(12)13-5/h6-7H2,1-5H3/b11-8+. The van der Waals surface area contributed by atoms with Crippen molar-refractivity contribution in [3.63, 3.8) is 0 Å². The number of ether oxygens (including phenoxy) is 1. The predicted octanol–water partition coefficient (Wildman–Crippen LogP) is 1.99. The van der Waals surface area contributed by atoms with Crippen LogP contribution in [0.3, 0.4) is 0 Å². The molecule has 0 unspecified atom stereocenters. The first-order chi connectivity index (χ1) is 6.44. The molecular formula is C10H19NO3. The molecule has 0 N–H and O–H groups in total. The first-order valence-electron chi connectivity index (χ1n) is 4.68. The SMILES string of the molecule is CCC(C)(C)/C(C)=N/OCC(=O)OC. The van der Waals surface area contributed by atoms with E-state index in [1.165, 1.54) is 7.11 Å². The van der Waals surface area contributed by atoms with Crippen molar-refractivity contribution in [2.75, 3.05) is 13.7 Å². The van der Waals surface area contributed by atoms with Crippen LogP contribution in [0.4, 0.5) is 0 Å². The lowest BCUT2D eigenvalue weighted by molar-refractivity contribution is -0.145. The third-order valence-electron chi connectivity index (χ3n) is 2.47. The van der Waals surface area contributed by atoms with Gasteiger partial charge in [-0.3, -0.25) is 0 Å². The molecule has 0 atom stereocenters. The van der Waals surface area contributed by atoms with E-state index in [4.69, 9.17) is 4.84 Å². The van der Waals surface area contributed by atoms with Crippen LogP contribution in [-0.4, -0.2) is 25.4 Å². The summed E-state index contributed by atoms with van der Waals surface area (Å²) in [5, 5.41) is 3.87. The Morgan fingerprint density at radius 2 is 2.00 bits per heavy atom. The Morgan fingerprint density at radius 1 is 1.43 bits per heavy atom. The molecule has 0 radical (unpaired) electrons. The van der Waals surface area contributed by atoms with Crippen LogP contribution in [0.15, 0.2) is 5.16 Å². The molecule has 0 saturated carbocycles. The van der Waals surface area contributed by atoms with E-state index in [2.05, 4.69) is 30.7 Å². The lowest BCUT2D eigenvalue weighted by Crippen LogP contribution is -2.21. The summed E-state index contributed by atoms with van der Waals surface area (Å²) in [6.45, 7) is 7.99. The fraction of sp³-hybridized carbons (Fsp3) is 0.800. The lowest BCUT2D eigenvalue weighted by Gasteiger charge is -2.21. The van der Waals surface area contributed by atoms with Gasteiger partial charge < -0.3 is 9.57 Å². The van der Waals surface area contributed by atoms with Gasteiger partial charge >= 0.3 is 5.97 Å². The smallest absolute Gasteiger partial charge is 0.346 e. The zero-order chi connectivity index (χ0) is 11.2. The van der Waals surface area contributed by atoms with Gasteiger partial charge in [0.05, 0.1) is 12.8 Å². The van der Waals surface area contributed by atoms with Crippen LogP contribution in [0.2, 0.25) is 0 Å². The monoisotopic (exact) mass is 201 g/mol. The molecule has 0 aliphatic rings. The maximum absolute atomic E-state index is 10.7. The molecule has 0 spiro atoms. The van der Waals surface area contributed by atoms with Gasteiger partial charge in [-0.1, -0.05) is 25.9 Å². The van der Waals surface area contributed by atoms with E-state index < -0.39 is 5.97 Å². The fourth-order valence-electron chi connectivity index (χ4n) is 0.620. The number of esters is 1. The second-order valence-corrected chi connectivity index (χ2v) is 3.76. The summed E-state index contributed by atoms with van der Waals surface area (Å²) >= 11 is 0. The van der Waals surface area contributed by atoms with E-state index in [0.29, 0.717) is 0 Å². The summed E-state index contributed by atoms with van der Waals surface area (Å²) in [6, 6.07) is 0. The Kier molecular flexibility index (Phi) is 5.20. The third-order valence-corrected chi connectivity index (χ3v) is 2.47. The highest BCUT2D eigenvalue weighted by molar-refractivity contribution is 5.86. The van der Waals surface area contributed by atoms with Crippen molar-refractivity contribution in [2.24, 2.45) is 10.6 Å². The van der Waals surface area contributed by atoms with Crippen molar-refractivity contribution in [3.8, 4) is 0 Å². The summed E-state index contributed by atoms with van der Waals surface area (Å²) in [6.07, 6.45) is 0.976. The van der Waals surface area contributed by atoms with Gasteiger partial charge in [0.1, 0.15) is 0 Å². The molecule has 0 aromatic carbocycles. The minimum absolute atomic E-state index is 0.0100. The van der Waals surface area contributed by atoms with Crippen LogP contribution >= 0.6 is 0 Å². The number of hydrogen-bond donors (Lipinski definition) is 0. The first kappa shape index (κ1) is 12.9. The number of carbonyl (C=O) groups excluding carboxylic acids is 1. The van der Waals surface area contributed by atoms with E-state index >= 15 is 0 Å². The summed E-state index contributed by atoms with van der Waals surface area (Å²) in [5.41, 5.74) is 0.889. The number of hydrogen-bond acceptors (Lipinski definition) is 4. The maximum Gasteiger partial charge on any atom is 0.346 e. The van der Waals surface area contributed by atoms with Gasteiger partial charge in [-0.05, 0) is 13.3 Å². The van der Waals surface area contributed by atoms with E-state index in [1.54, 1.807) is 0 Å². The molecule has 4 nitrogen and oxygen atoms in total. The first-order valence-corrected chi connectivity index (χ1v) is 4.68. The fourth-order valence-corrected chi connectivity index (χ4v) is 0.620. The van der Waals surface area contributed by atoms with Crippen LogP contribution in [0.5, 0.6) is 0 Å². The molecule has 82 valence electrons. The van der Waals surface area contributed by atoms with Crippen molar-refractivity contribution in [1.29, 1.82) is 0 Å². The van der Waals surface area contributed by atoms with Crippen LogP contribution in [-0.2, 0) is 14.4 Å². The molecule has 0 fully saturated rings. The van der Waals surface area contributed by atoms with E-state index in [9.17, 15) is 4.79 Å². The second kappa shape index (κ2) is 5.62. The van der Waals surface area contributed by atoms with Crippen LogP contribution in [0, 0.1) is 5.41 Å². The molecule has 0 aromatic heterocycles. The van der Waals surface area contributed by atoms with Crippen molar-refractivity contribution >= 4 is 11.7 Å². The molecule has 0 bridgehead atoms. The van der Waals surface area contributed by atoms with E-state index in [0.717, 1.165) is 12.1 Å². The van der Waals surface area contributed by atoms with Crippen molar-refractivity contribution < 1.29 is 14.4 Å². The van der Waals surface area contributed by atoms with Gasteiger partial charge in [0.2, 0.25) is 6.61 Å². The van der Waals surface area contributed by atoms with Crippen LogP contribution < -0.4 is 0 Å². The Hall–Kier alpha value is -1.06. The van der Waals surface area contributed by atoms with Crippen LogP contribution in [0.1, 0.15) is 34.1 Å². The summed E-state index contributed by atoms with van der Waals surface area (Å²) in [7, 11) is 1.32. The van der Waals surface area contributed by atoms with Crippen molar-refractivity contribution in [3.05, 3.63) is 0 Å². The number of rotatable bonds is 5. The summed E-state index contributed by atoms with van der Waals surface area (Å²) < 4.78 is 4.41. The average molecular weight is 201 g/mol. The molecule has 0 saturated heterocycles. The Bertz CT molecular complexity index is 221. The zero-order valence-corrected chi connectivity index (χ0v) is 9.59. The van der Waals surface area contributed by atoms with Crippen molar-refractivity contribution in [1.82, 2.24) is 0 Å². The van der Waals surface area contributed by atoms with Gasteiger partial charge in [0.25, 0.3) is 0 Å². The zero-order valence-electron chi connectivity index (χ0n) is 9.59. The predicted molar refractivity (Wildman–Crippen MR) is 55.1 cm³/mol. The summed E-state index contributed by atoms with van der Waals surface area (Å²) in [5.74, 6) is -0.421. The third kappa shape index (κ3) is 4.25. The number of oxime groups is 1. The number of nitrogens with zero attached hydrogens (tertiary/aromatic N) is 1. The Balaban J connectivity index is 4.06. The highest BCUT2D eigenvalue weighted by Crippen LogP contribution is 2.21. The largest absolute Gasteiger partial charge is 0.466 e. The molecule has 0 amide bonds. The van der Waals surface area contributed by atoms with E-state index in [-0.39, 0.29) is 12.0 Å². The Labute approximate surface area is 85.3 Å². The summed E-state index contributed by atoms with van der Waals surface area (Å²) in [4.78, 5) is 15.5. The molecular weight excluding hydrogens is 182 g/mol. The molecule has 0 rings (SSSR count). The maximum atomic E-state index is 10.7. The highest BCUT2D eigenvalue weighted by Gasteiger charge is 2.19. The van der Waals surface area contributed by atoms with Gasteiger partial charge in [0, 0.05) is 5.41 Å². The molecule has 0 aromatic rings. The molecule has 0 aliphatic heterocycles. The minimum Gasteiger partial charge on any atom is -0.466 e. The highest BCUT2D eigenvalue weighted by atomic mass is 16.6. The normalized spacial score (nSPS) is 12.5. The average Bonchev–Trinajstić information content (AvgIpc) is 2.17. The second-order valence-electron chi connectivity index (χ2n) is 3.76. The minimum atomic E-state index is -0.421. The molecule has 0 aliphatic carbocycles. The van der Waals surface area contributed by atoms with Gasteiger partial charge in [-0.2, -0.15) is 0 Å². The van der Waals surface area contributed by atoms with Gasteiger partial charge in [-0.15, -0.1) is 0 Å². The molecule has 14 heavy (non-hydrogen) atoms. The topological polar surface area (TPSA) is 47.9 Å². The lowest BCUT2D eigenvalue weighted by atomic mass is 9.86. The molecule has 4 heteroatoms. The number of carbonyl (C=O) groups is 1. The number of methoxy groups -OCH3 is 1.